The lowest BCUT2D eigenvalue weighted by atomic mass is 9.69. The van der Waals surface area contributed by atoms with Crippen LogP contribution in [0.25, 0.3) is 0 Å². The van der Waals surface area contributed by atoms with E-state index >= 15 is 0 Å². The van der Waals surface area contributed by atoms with Crippen molar-refractivity contribution in [3.8, 4) is 0 Å². The Morgan fingerprint density at radius 2 is 1.64 bits per heavy atom. The molecule has 25 heavy (non-hydrogen) atoms. The average Bonchev–Trinajstić information content (AvgIpc) is 2.64. The van der Waals surface area contributed by atoms with E-state index in [9.17, 15) is 14.4 Å². The van der Waals surface area contributed by atoms with Crippen molar-refractivity contribution < 1.29 is 23.9 Å². The van der Waals surface area contributed by atoms with Gasteiger partial charge in [-0.05, 0) is 25.7 Å². The molecule has 134 valence electrons. The number of allylic oxidation sites excluding steroid dienone is 1. The van der Waals surface area contributed by atoms with E-state index < -0.39 is 23.3 Å². The van der Waals surface area contributed by atoms with Crippen molar-refractivity contribution in [3.05, 3.63) is 48.0 Å². The van der Waals surface area contributed by atoms with Crippen LogP contribution in [0.2, 0.25) is 0 Å². The molecule has 1 unspecified atom stereocenters. The molecule has 0 saturated heterocycles. The van der Waals surface area contributed by atoms with Crippen molar-refractivity contribution in [2.45, 2.75) is 32.1 Å². The summed E-state index contributed by atoms with van der Waals surface area (Å²) in [7, 11) is 2.49. The number of esters is 2. The van der Waals surface area contributed by atoms with Crippen LogP contribution in [0.4, 0.5) is 0 Å². The predicted octanol–water partition coefficient (Wildman–Crippen LogP) is 3.34. The standard InChI is InChI=1S/C20H24O5/c1-14-9-7-8-12-20(18(22)24-2,19(23)25-3)13-16(14)17(21)15-10-5-4-6-11-15/h4-6,10-11,16H,1,7-9,12-13H2,2-3H3. The third-order valence-corrected chi connectivity index (χ3v) is 4.92. The van der Waals surface area contributed by atoms with Gasteiger partial charge in [-0.25, -0.2) is 0 Å². The normalized spacial score (nSPS) is 20.1. The third-order valence-electron chi connectivity index (χ3n) is 4.92. The molecule has 0 heterocycles. The van der Waals surface area contributed by atoms with Gasteiger partial charge >= 0.3 is 11.9 Å². The Bertz CT molecular complexity index is 646. The highest BCUT2D eigenvalue weighted by Crippen LogP contribution is 2.41. The topological polar surface area (TPSA) is 69.7 Å². The number of benzene rings is 1. The third kappa shape index (κ3) is 3.81. The number of hydrogen-bond acceptors (Lipinski definition) is 5. The van der Waals surface area contributed by atoms with E-state index in [0.717, 1.165) is 12.0 Å². The molecule has 1 aromatic rings. The second-order valence-electron chi connectivity index (χ2n) is 6.42. The van der Waals surface area contributed by atoms with Crippen molar-refractivity contribution >= 4 is 17.7 Å². The molecule has 1 aliphatic rings. The molecule has 0 aliphatic heterocycles. The van der Waals surface area contributed by atoms with E-state index in [4.69, 9.17) is 9.47 Å². The second kappa shape index (κ2) is 8.10. The van der Waals surface area contributed by atoms with Crippen LogP contribution >= 0.6 is 0 Å². The highest BCUT2D eigenvalue weighted by Gasteiger charge is 2.51. The van der Waals surface area contributed by atoms with Crippen molar-refractivity contribution in [3.63, 3.8) is 0 Å². The maximum atomic E-state index is 13.0. The van der Waals surface area contributed by atoms with Gasteiger partial charge < -0.3 is 9.47 Å². The van der Waals surface area contributed by atoms with Crippen LogP contribution < -0.4 is 0 Å². The number of ether oxygens (including phenoxy) is 2. The van der Waals surface area contributed by atoms with Crippen molar-refractivity contribution in [2.24, 2.45) is 11.3 Å². The quantitative estimate of drug-likeness (QED) is 0.363. The van der Waals surface area contributed by atoms with E-state index in [-0.39, 0.29) is 12.2 Å². The number of methoxy groups -OCH3 is 2. The van der Waals surface area contributed by atoms with Crippen LogP contribution in [0.15, 0.2) is 42.5 Å². The summed E-state index contributed by atoms with van der Waals surface area (Å²) < 4.78 is 9.80. The number of Topliss-reactive ketones (excluding diaryl/α,β-unsaturated/α-hetero) is 1. The van der Waals surface area contributed by atoms with E-state index in [2.05, 4.69) is 6.58 Å². The highest BCUT2D eigenvalue weighted by molar-refractivity contribution is 6.03. The minimum absolute atomic E-state index is 0.0267. The predicted molar refractivity (Wildman–Crippen MR) is 93.0 cm³/mol. The fourth-order valence-corrected chi connectivity index (χ4v) is 3.47. The smallest absolute Gasteiger partial charge is 0.323 e. The van der Waals surface area contributed by atoms with Gasteiger partial charge in [0.1, 0.15) is 0 Å². The van der Waals surface area contributed by atoms with Crippen molar-refractivity contribution in [1.82, 2.24) is 0 Å². The first-order chi connectivity index (χ1) is 12.0. The minimum atomic E-state index is -1.47. The molecule has 1 aliphatic carbocycles. The molecule has 1 saturated carbocycles. The van der Waals surface area contributed by atoms with E-state index in [0.29, 0.717) is 24.8 Å². The maximum Gasteiger partial charge on any atom is 0.323 e. The van der Waals surface area contributed by atoms with Gasteiger partial charge in [0.15, 0.2) is 11.2 Å². The molecular weight excluding hydrogens is 320 g/mol. The summed E-state index contributed by atoms with van der Waals surface area (Å²) in [6.07, 6.45) is 2.45. The summed E-state index contributed by atoms with van der Waals surface area (Å²) in [6, 6.07) is 8.86. The van der Waals surface area contributed by atoms with E-state index in [1.54, 1.807) is 24.3 Å². The Labute approximate surface area is 148 Å². The molecule has 5 nitrogen and oxygen atoms in total. The molecule has 0 N–H and O–H groups in total. The molecular formula is C20H24O5. The molecule has 0 amide bonds. The fraction of sp³-hybridized carbons (Fsp3) is 0.450. The highest BCUT2D eigenvalue weighted by atomic mass is 16.5. The first-order valence-corrected chi connectivity index (χ1v) is 8.40. The summed E-state index contributed by atoms with van der Waals surface area (Å²) in [6.45, 7) is 4.05. The molecule has 0 radical (unpaired) electrons. The Hall–Kier alpha value is -2.43. The molecule has 1 atom stereocenters. The van der Waals surface area contributed by atoms with Crippen LogP contribution in [0.1, 0.15) is 42.5 Å². The first-order valence-electron chi connectivity index (χ1n) is 8.40. The molecule has 0 aromatic heterocycles. The van der Waals surface area contributed by atoms with E-state index in [1.807, 2.05) is 6.07 Å². The van der Waals surface area contributed by atoms with Crippen molar-refractivity contribution in [1.29, 1.82) is 0 Å². The van der Waals surface area contributed by atoms with Crippen molar-refractivity contribution in [2.75, 3.05) is 14.2 Å². The second-order valence-corrected chi connectivity index (χ2v) is 6.42. The average molecular weight is 344 g/mol. The van der Waals surface area contributed by atoms with Crippen LogP contribution in [0.5, 0.6) is 0 Å². The Kier molecular flexibility index (Phi) is 6.12. The maximum absolute atomic E-state index is 13.0. The molecule has 1 aromatic carbocycles. The summed E-state index contributed by atoms with van der Waals surface area (Å²) in [5.41, 5.74) is -0.189. The number of rotatable bonds is 4. The minimum Gasteiger partial charge on any atom is -0.468 e. The number of ketones is 1. The molecule has 0 bridgehead atoms. The zero-order valence-electron chi connectivity index (χ0n) is 14.7. The Morgan fingerprint density at radius 1 is 1.04 bits per heavy atom. The molecule has 0 spiro atoms. The van der Waals surface area contributed by atoms with Gasteiger partial charge in [-0.15, -0.1) is 0 Å². The number of carbonyl (C=O) groups excluding carboxylic acids is 3. The van der Waals surface area contributed by atoms with Gasteiger partial charge in [0.25, 0.3) is 0 Å². The van der Waals surface area contributed by atoms with E-state index in [1.165, 1.54) is 14.2 Å². The van der Waals surface area contributed by atoms with Gasteiger partial charge in [0.05, 0.1) is 14.2 Å². The summed E-state index contributed by atoms with van der Waals surface area (Å²) in [4.78, 5) is 38.0. The monoisotopic (exact) mass is 344 g/mol. The SMILES string of the molecule is C=C1CCCCC(C(=O)OC)(C(=O)OC)CC1C(=O)c1ccccc1. The van der Waals surface area contributed by atoms with Gasteiger partial charge in [0, 0.05) is 11.5 Å². The van der Waals surface area contributed by atoms with Gasteiger partial charge in [-0.2, -0.15) is 0 Å². The Balaban J connectivity index is 2.45. The zero-order valence-corrected chi connectivity index (χ0v) is 14.7. The van der Waals surface area contributed by atoms with Crippen LogP contribution in [-0.4, -0.2) is 31.9 Å². The fourth-order valence-electron chi connectivity index (χ4n) is 3.47. The molecule has 2 rings (SSSR count). The number of carbonyl (C=O) groups is 3. The summed E-state index contributed by atoms with van der Waals surface area (Å²) in [5.74, 6) is -2.06. The lowest BCUT2D eigenvalue weighted by molar-refractivity contribution is -0.171. The lowest BCUT2D eigenvalue weighted by Gasteiger charge is -2.34. The van der Waals surface area contributed by atoms with Crippen LogP contribution in [-0.2, 0) is 19.1 Å². The molecule has 5 heteroatoms. The lowest BCUT2D eigenvalue weighted by Crippen LogP contribution is -2.44. The van der Waals surface area contributed by atoms with Crippen LogP contribution in [0.3, 0.4) is 0 Å². The van der Waals surface area contributed by atoms with Gasteiger partial charge in [-0.3, -0.25) is 14.4 Å². The van der Waals surface area contributed by atoms with Crippen LogP contribution in [0, 0.1) is 11.3 Å². The number of hydrogen-bond donors (Lipinski definition) is 0. The largest absolute Gasteiger partial charge is 0.468 e. The molecule has 1 fully saturated rings. The van der Waals surface area contributed by atoms with Gasteiger partial charge in [0.2, 0.25) is 0 Å². The summed E-state index contributed by atoms with van der Waals surface area (Å²) >= 11 is 0. The Morgan fingerprint density at radius 3 is 2.20 bits per heavy atom. The zero-order chi connectivity index (χ0) is 18.4. The first kappa shape index (κ1) is 18.9. The van der Waals surface area contributed by atoms with Gasteiger partial charge in [-0.1, -0.05) is 48.9 Å². The summed E-state index contributed by atoms with van der Waals surface area (Å²) in [5, 5.41) is 0.